The molecular weight excluding hydrogens is 366 g/mol. The highest BCUT2D eigenvalue weighted by atomic mass is 32.2. The fraction of sp³-hybridized carbons (Fsp3) is 0.350. The van der Waals surface area contributed by atoms with Crippen LogP contribution in [0, 0.1) is 0 Å². The van der Waals surface area contributed by atoms with E-state index in [9.17, 15) is 14.4 Å². The molecule has 1 aromatic carbocycles. The molecule has 1 aromatic heterocycles. The molecular formula is C20H23NO5S. The maximum atomic E-state index is 12.4. The molecule has 144 valence electrons. The Hall–Kier alpha value is -2.54. The number of ketones is 1. The SMILES string of the molecule is CCc1ccc(C(=O)COC(=O)[C@@H](CCSC)NC(=O)c2ccco2)cc1. The molecule has 0 saturated carbocycles. The normalized spacial score (nSPS) is 11.6. The van der Waals surface area contributed by atoms with E-state index in [-0.39, 0.29) is 18.2 Å². The second-order valence-electron chi connectivity index (χ2n) is 5.87. The Bertz CT molecular complexity index is 755. The fourth-order valence-corrected chi connectivity index (χ4v) is 2.84. The van der Waals surface area contributed by atoms with Crippen molar-refractivity contribution < 1.29 is 23.5 Å². The van der Waals surface area contributed by atoms with Gasteiger partial charge in [0.25, 0.3) is 5.91 Å². The number of carbonyl (C=O) groups is 3. The molecule has 2 aromatic rings. The van der Waals surface area contributed by atoms with Gasteiger partial charge in [-0.1, -0.05) is 31.2 Å². The predicted octanol–water partition coefficient (Wildman–Crippen LogP) is 3.12. The summed E-state index contributed by atoms with van der Waals surface area (Å²) >= 11 is 1.55. The van der Waals surface area contributed by atoms with Gasteiger partial charge < -0.3 is 14.5 Å². The van der Waals surface area contributed by atoms with Gasteiger partial charge in [-0.15, -0.1) is 0 Å². The molecule has 0 aliphatic carbocycles. The summed E-state index contributed by atoms with van der Waals surface area (Å²) in [6.45, 7) is 1.67. The lowest BCUT2D eigenvalue weighted by atomic mass is 10.1. The van der Waals surface area contributed by atoms with Gasteiger partial charge in [-0.25, -0.2) is 4.79 Å². The van der Waals surface area contributed by atoms with Gasteiger partial charge in [-0.05, 0) is 42.5 Å². The number of hydrogen-bond acceptors (Lipinski definition) is 6. The maximum Gasteiger partial charge on any atom is 0.329 e. The van der Waals surface area contributed by atoms with Crippen molar-refractivity contribution in [2.75, 3.05) is 18.6 Å². The van der Waals surface area contributed by atoms with Crippen LogP contribution in [0.5, 0.6) is 0 Å². The van der Waals surface area contributed by atoms with Crippen LogP contribution in [0.25, 0.3) is 0 Å². The molecule has 2 rings (SSSR count). The largest absolute Gasteiger partial charge is 0.459 e. The van der Waals surface area contributed by atoms with Crippen LogP contribution < -0.4 is 5.32 Å². The molecule has 0 radical (unpaired) electrons. The van der Waals surface area contributed by atoms with E-state index < -0.39 is 17.9 Å². The average Bonchev–Trinajstić information content (AvgIpc) is 3.24. The highest BCUT2D eigenvalue weighted by Crippen LogP contribution is 2.09. The minimum Gasteiger partial charge on any atom is -0.459 e. The first-order valence-electron chi connectivity index (χ1n) is 8.67. The Balaban J connectivity index is 1.93. The molecule has 7 heteroatoms. The lowest BCUT2D eigenvalue weighted by molar-refractivity contribution is -0.144. The van der Waals surface area contributed by atoms with Gasteiger partial charge in [0.2, 0.25) is 0 Å². The van der Waals surface area contributed by atoms with E-state index in [0.29, 0.717) is 17.7 Å². The molecule has 1 amide bonds. The number of carbonyl (C=O) groups excluding carboxylic acids is 3. The van der Waals surface area contributed by atoms with Gasteiger partial charge in [0.15, 0.2) is 18.2 Å². The zero-order chi connectivity index (χ0) is 19.6. The first kappa shape index (κ1) is 20.8. The summed E-state index contributed by atoms with van der Waals surface area (Å²) < 4.78 is 10.2. The molecule has 0 aliphatic rings. The summed E-state index contributed by atoms with van der Waals surface area (Å²) in [6, 6.07) is 9.45. The third-order valence-corrected chi connectivity index (χ3v) is 4.62. The van der Waals surface area contributed by atoms with E-state index >= 15 is 0 Å². The molecule has 1 heterocycles. The van der Waals surface area contributed by atoms with E-state index in [1.54, 1.807) is 30.0 Å². The number of rotatable bonds is 10. The lowest BCUT2D eigenvalue weighted by Crippen LogP contribution is -2.42. The number of aryl methyl sites for hydroxylation is 1. The number of Topliss-reactive ketones (excluding diaryl/α,β-unsaturated/α-hetero) is 1. The second-order valence-corrected chi connectivity index (χ2v) is 6.85. The Morgan fingerprint density at radius 2 is 1.93 bits per heavy atom. The van der Waals surface area contributed by atoms with E-state index in [2.05, 4.69) is 5.32 Å². The van der Waals surface area contributed by atoms with E-state index in [0.717, 1.165) is 12.0 Å². The van der Waals surface area contributed by atoms with Crippen molar-refractivity contribution in [2.45, 2.75) is 25.8 Å². The summed E-state index contributed by atoms with van der Waals surface area (Å²) in [7, 11) is 0. The maximum absolute atomic E-state index is 12.4. The Kier molecular flexibility index (Phi) is 8.13. The molecule has 1 atom stereocenters. The Morgan fingerprint density at radius 3 is 2.52 bits per heavy atom. The third kappa shape index (κ3) is 6.29. The van der Waals surface area contributed by atoms with Crippen molar-refractivity contribution in [1.82, 2.24) is 5.32 Å². The van der Waals surface area contributed by atoms with Crippen LogP contribution in [-0.2, 0) is 16.0 Å². The van der Waals surface area contributed by atoms with Gasteiger partial charge in [0.05, 0.1) is 6.26 Å². The van der Waals surface area contributed by atoms with Crippen LogP contribution >= 0.6 is 11.8 Å². The third-order valence-electron chi connectivity index (χ3n) is 3.98. The summed E-state index contributed by atoms with van der Waals surface area (Å²) in [6.07, 6.45) is 4.56. The number of amides is 1. The smallest absolute Gasteiger partial charge is 0.329 e. The van der Waals surface area contributed by atoms with Crippen molar-refractivity contribution in [3.05, 3.63) is 59.5 Å². The Labute approximate surface area is 162 Å². The zero-order valence-electron chi connectivity index (χ0n) is 15.4. The first-order chi connectivity index (χ1) is 13.0. The van der Waals surface area contributed by atoms with E-state index in [1.807, 2.05) is 25.3 Å². The highest BCUT2D eigenvalue weighted by Gasteiger charge is 2.24. The Morgan fingerprint density at radius 1 is 1.19 bits per heavy atom. The summed E-state index contributed by atoms with van der Waals surface area (Å²) in [5.41, 5.74) is 1.61. The minimum atomic E-state index is -0.842. The monoisotopic (exact) mass is 389 g/mol. The van der Waals surface area contributed by atoms with Gasteiger partial charge in [-0.2, -0.15) is 11.8 Å². The number of thioether (sulfide) groups is 1. The summed E-state index contributed by atoms with van der Waals surface area (Å²) in [5, 5.41) is 2.60. The predicted molar refractivity (Wildman–Crippen MR) is 104 cm³/mol. The molecule has 6 nitrogen and oxygen atoms in total. The lowest BCUT2D eigenvalue weighted by Gasteiger charge is -2.16. The van der Waals surface area contributed by atoms with E-state index in [1.165, 1.54) is 12.3 Å². The molecule has 0 fully saturated rings. The van der Waals surface area contributed by atoms with Crippen molar-refractivity contribution >= 4 is 29.4 Å². The van der Waals surface area contributed by atoms with Crippen LogP contribution in [-0.4, -0.2) is 42.3 Å². The number of benzene rings is 1. The van der Waals surface area contributed by atoms with Crippen LogP contribution in [0.15, 0.2) is 47.1 Å². The zero-order valence-corrected chi connectivity index (χ0v) is 16.2. The van der Waals surface area contributed by atoms with Crippen LogP contribution in [0.1, 0.15) is 39.8 Å². The number of esters is 1. The minimum absolute atomic E-state index is 0.115. The standard InChI is InChI=1S/C20H23NO5S/c1-3-14-6-8-15(9-7-14)17(22)13-26-20(24)16(10-12-27-2)21-19(23)18-5-4-11-25-18/h4-9,11,16H,3,10,12-13H2,1-2H3,(H,21,23)/t16-/m1/s1. The second kappa shape index (κ2) is 10.6. The number of nitrogens with one attached hydrogen (secondary N) is 1. The quantitative estimate of drug-likeness (QED) is 0.496. The molecule has 0 unspecified atom stereocenters. The van der Waals surface area contributed by atoms with Gasteiger partial charge in [-0.3, -0.25) is 9.59 Å². The van der Waals surface area contributed by atoms with Gasteiger partial charge >= 0.3 is 5.97 Å². The number of ether oxygens (including phenoxy) is 1. The van der Waals surface area contributed by atoms with Gasteiger partial charge in [0.1, 0.15) is 6.04 Å². The summed E-state index contributed by atoms with van der Waals surface area (Å²) in [4.78, 5) is 36.7. The van der Waals surface area contributed by atoms with E-state index in [4.69, 9.17) is 9.15 Å². The van der Waals surface area contributed by atoms with Crippen molar-refractivity contribution in [3.8, 4) is 0 Å². The van der Waals surface area contributed by atoms with Crippen LogP contribution in [0.4, 0.5) is 0 Å². The van der Waals surface area contributed by atoms with Crippen molar-refractivity contribution in [3.63, 3.8) is 0 Å². The fourth-order valence-electron chi connectivity index (χ4n) is 2.37. The first-order valence-corrected chi connectivity index (χ1v) is 10.1. The van der Waals surface area contributed by atoms with Gasteiger partial charge in [0, 0.05) is 5.56 Å². The number of hydrogen-bond donors (Lipinski definition) is 1. The van der Waals surface area contributed by atoms with Crippen molar-refractivity contribution in [1.29, 1.82) is 0 Å². The van der Waals surface area contributed by atoms with Crippen molar-refractivity contribution in [2.24, 2.45) is 0 Å². The van der Waals surface area contributed by atoms with Crippen LogP contribution in [0.2, 0.25) is 0 Å². The molecule has 0 aliphatic heterocycles. The molecule has 1 N–H and O–H groups in total. The summed E-state index contributed by atoms with van der Waals surface area (Å²) in [5.74, 6) is -0.645. The average molecular weight is 389 g/mol. The molecule has 27 heavy (non-hydrogen) atoms. The molecule has 0 bridgehead atoms. The molecule has 0 saturated heterocycles. The number of furan rings is 1. The van der Waals surface area contributed by atoms with Crippen LogP contribution in [0.3, 0.4) is 0 Å². The highest BCUT2D eigenvalue weighted by molar-refractivity contribution is 7.98. The molecule has 0 spiro atoms. The topological polar surface area (TPSA) is 85.6 Å².